The number of nitrogens with two attached hydrogens (primary N) is 1. The smallest absolute Gasteiger partial charge is 0.272 e. The van der Waals surface area contributed by atoms with Gasteiger partial charge in [0.15, 0.2) is 0 Å². The molecule has 6 heteroatoms. The Morgan fingerprint density at radius 3 is 2.71 bits per heavy atom. The summed E-state index contributed by atoms with van der Waals surface area (Å²) < 4.78 is 2.86. The van der Waals surface area contributed by atoms with Gasteiger partial charge in [0, 0.05) is 28.0 Å². The summed E-state index contributed by atoms with van der Waals surface area (Å²) in [5.41, 5.74) is 6.76. The van der Waals surface area contributed by atoms with Gasteiger partial charge in [-0.25, -0.2) is 0 Å². The predicted molar refractivity (Wildman–Crippen MR) is 83.3 cm³/mol. The molecule has 0 bridgehead atoms. The predicted octanol–water partition coefficient (Wildman–Crippen LogP) is 2.94. The van der Waals surface area contributed by atoms with Crippen molar-refractivity contribution < 1.29 is 9.59 Å². The first-order valence-corrected chi connectivity index (χ1v) is 7.42. The van der Waals surface area contributed by atoms with Crippen LogP contribution in [0.3, 0.4) is 0 Å². The van der Waals surface area contributed by atoms with Crippen molar-refractivity contribution >= 4 is 33.4 Å². The van der Waals surface area contributed by atoms with E-state index in [-0.39, 0.29) is 5.91 Å². The third-order valence-electron chi connectivity index (χ3n) is 3.39. The topological polar surface area (TPSA) is 77.1 Å². The molecule has 1 saturated carbocycles. The molecule has 5 nitrogen and oxygen atoms in total. The van der Waals surface area contributed by atoms with Crippen molar-refractivity contribution in [1.29, 1.82) is 0 Å². The molecule has 2 amide bonds. The van der Waals surface area contributed by atoms with Crippen LogP contribution in [0.2, 0.25) is 0 Å². The van der Waals surface area contributed by atoms with E-state index in [1.807, 2.05) is 10.8 Å². The minimum absolute atomic E-state index is 0.200. The lowest BCUT2D eigenvalue weighted by atomic mass is 10.2. The number of hydrogen-bond donors (Lipinski definition) is 2. The molecule has 0 spiro atoms. The Kier molecular flexibility index (Phi) is 3.55. The van der Waals surface area contributed by atoms with E-state index >= 15 is 0 Å². The summed E-state index contributed by atoms with van der Waals surface area (Å²) in [5.74, 6) is -0.718. The van der Waals surface area contributed by atoms with Crippen molar-refractivity contribution in [1.82, 2.24) is 4.57 Å². The Morgan fingerprint density at radius 1 is 1.29 bits per heavy atom. The number of rotatable bonds is 4. The van der Waals surface area contributed by atoms with Gasteiger partial charge in [0.25, 0.3) is 5.91 Å². The molecule has 1 aromatic heterocycles. The number of halogens is 1. The lowest BCUT2D eigenvalue weighted by Gasteiger charge is -2.09. The van der Waals surface area contributed by atoms with Crippen LogP contribution in [0.4, 0.5) is 5.69 Å². The van der Waals surface area contributed by atoms with E-state index in [0.717, 1.165) is 17.3 Å². The lowest BCUT2D eigenvalue weighted by Crippen LogP contribution is -2.17. The molecular formula is C15H14BrN3O2. The molecule has 108 valence electrons. The second kappa shape index (κ2) is 5.37. The number of carbonyl (C=O) groups excluding carboxylic acids is 2. The maximum absolute atomic E-state index is 12.4. The highest BCUT2D eigenvalue weighted by Crippen LogP contribution is 2.37. The summed E-state index contributed by atoms with van der Waals surface area (Å²) in [4.78, 5) is 23.6. The van der Waals surface area contributed by atoms with E-state index in [0.29, 0.717) is 23.0 Å². The van der Waals surface area contributed by atoms with Gasteiger partial charge in [-0.15, -0.1) is 0 Å². The van der Waals surface area contributed by atoms with Crippen LogP contribution in [0, 0.1) is 0 Å². The number of nitrogens with zero attached hydrogens (tertiary/aromatic N) is 1. The molecule has 2 aromatic rings. The highest BCUT2D eigenvalue weighted by Gasteiger charge is 2.27. The number of nitrogens with one attached hydrogen (secondary N) is 1. The van der Waals surface area contributed by atoms with Gasteiger partial charge in [-0.1, -0.05) is 6.07 Å². The normalized spacial score (nSPS) is 14.0. The van der Waals surface area contributed by atoms with E-state index in [1.165, 1.54) is 0 Å². The molecule has 1 aliphatic carbocycles. The summed E-state index contributed by atoms with van der Waals surface area (Å²) >= 11 is 3.40. The average Bonchev–Trinajstić information content (AvgIpc) is 3.21. The molecule has 0 aliphatic heterocycles. The quantitative estimate of drug-likeness (QED) is 0.891. The van der Waals surface area contributed by atoms with Crippen molar-refractivity contribution in [2.75, 3.05) is 5.32 Å². The van der Waals surface area contributed by atoms with Crippen molar-refractivity contribution in [3.63, 3.8) is 0 Å². The van der Waals surface area contributed by atoms with Gasteiger partial charge in [-0.2, -0.15) is 0 Å². The van der Waals surface area contributed by atoms with Crippen molar-refractivity contribution in [3.8, 4) is 0 Å². The molecule has 1 aromatic carbocycles. The van der Waals surface area contributed by atoms with Gasteiger partial charge in [-0.3, -0.25) is 9.59 Å². The molecule has 0 unspecified atom stereocenters. The largest absolute Gasteiger partial charge is 0.366 e. The van der Waals surface area contributed by atoms with Crippen LogP contribution in [-0.4, -0.2) is 16.4 Å². The molecule has 1 fully saturated rings. The van der Waals surface area contributed by atoms with Crippen LogP contribution in [-0.2, 0) is 0 Å². The fourth-order valence-corrected chi connectivity index (χ4v) is 2.67. The second-order valence-electron chi connectivity index (χ2n) is 5.08. The van der Waals surface area contributed by atoms with Gasteiger partial charge in [0.1, 0.15) is 5.69 Å². The summed E-state index contributed by atoms with van der Waals surface area (Å²) in [7, 11) is 0. The summed E-state index contributed by atoms with van der Waals surface area (Å²) in [6.45, 7) is 0. The Morgan fingerprint density at radius 2 is 2.05 bits per heavy atom. The van der Waals surface area contributed by atoms with Crippen LogP contribution >= 0.6 is 15.9 Å². The zero-order chi connectivity index (χ0) is 15.0. The number of primary amides is 1. The van der Waals surface area contributed by atoms with Crippen molar-refractivity contribution in [2.45, 2.75) is 18.9 Å². The molecule has 0 saturated heterocycles. The number of aromatic nitrogens is 1. The number of hydrogen-bond acceptors (Lipinski definition) is 2. The van der Waals surface area contributed by atoms with E-state index < -0.39 is 5.91 Å². The lowest BCUT2D eigenvalue weighted by molar-refractivity contribution is 0.0994. The number of carbonyl (C=O) groups is 2. The van der Waals surface area contributed by atoms with Gasteiger partial charge >= 0.3 is 0 Å². The maximum Gasteiger partial charge on any atom is 0.272 e. The zero-order valence-electron chi connectivity index (χ0n) is 11.2. The molecule has 0 atom stereocenters. The fourth-order valence-electron chi connectivity index (χ4n) is 2.23. The first kappa shape index (κ1) is 13.9. The van der Waals surface area contributed by atoms with Gasteiger partial charge in [0.2, 0.25) is 5.91 Å². The minimum atomic E-state index is -0.518. The summed E-state index contributed by atoms with van der Waals surface area (Å²) in [5, 5.41) is 2.80. The number of benzene rings is 1. The van der Waals surface area contributed by atoms with Crippen molar-refractivity contribution in [2.24, 2.45) is 5.73 Å². The van der Waals surface area contributed by atoms with E-state index in [1.54, 1.807) is 30.3 Å². The number of amides is 2. The zero-order valence-corrected chi connectivity index (χ0v) is 12.8. The molecule has 21 heavy (non-hydrogen) atoms. The highest BCUT2D eigenvalue weighted by molar-refractivity contribution is 9.10. The Labute approximate surface area is 130 Å². The SMILES string of the molecule is NC(=O)c1cccc(NC(=O)c2cc(Br)cn2C2CC2)c1. The standard InChI is InChI=1S/C15H14BrN3O2/c16-10-7-13(19(8-10)12-4-5-12)15(21)18-11-3-1-2-9(6-11)14(17)20/h1-3,6-8,12H,4-5H2,(H2,17,20)(H,18,21). The first-order chi connectivity index (χ1) is 10.0. The Bertz CT molecular complexity index is 719. The van der Waals surface area contributed by atoms with Crippen LogP contribution in [0.15, 0.2) is 41.0 Å². The third-order valence-corrected chi connectivity index (χ3v) is 3.83. The monoisotopic (exact) mass is 347 g/mol. The van der Waals surface area contributed by atoms with Crippen LogP contribution in [0.25, 0.3) is 0 Å². The van der Waals surface area contributed by atoms with E-state index in [2.05, 4.69) is 21.2 Å². The summed E-state index contributed by atoms with van der Waals surface area (Å²) in [6, 6.07) is 8.80. The minimum Gasteiger partial charge on any atom is -0.366 e. The first-order valence-electron chi connectivity index (χ1n) is 6.63. The molecule has 1 aliphatic rings. The Balaban J connectivity index is 1.83. The fraction of sp³-hybridized carbons (Fsp3) is 0.200. The highest BCUT2D eigenvalue weighted by atomic mass is 79.9. The Hall–Kier alpha value is -2.08. The van der Waals surface area contributed by atoms with Gasteiger partial charge in [0.05, 0.1) is 0 Å². The van der Waals surface area contributed by atoms with Crippen molar-refractivity contribution in [3.05, 3.63) is 52.3 Å². The molecule has 1 heterocycles. The number of anilines is 1. The maximum atomic E-state index is 12.4. The van der Waals surface area contributed by atoms with Gasteiger partial charge in [-0.05, 0) is 53.0 Å². The second-order valence-corrected chi connectivity index (χ2v) is 6.00. The summed E-state index contributed by atoms with van der Waals surface area (Å²) in [6.07, 6.45) is 4.11. The van der Waals surface area contributed by atoms with E-state index in [9.17, 15) is 9.59 Å². The molecule has 3 rings (SSSR count). The molecule has 0 radical (unpaired) electrons. The molecular weight excluding hydrogens is 334 g/mol. The molecule has 3 N–H and O–H groups in total. The van der Waals surface area contributed by atoms with Crippen LogP contribution in [0.5, 0.6) is 0 Å². The third kappa shape index (κ3) is 3.00. The average molecular weight is 348 g/mol. The van der Waals surface area contributed by atoms with Crippen LogP contribution < -0.4 is 11.1 Å². The van der Waals surface area contributed by atoms with Crippen LogP contribution in [0.1, 0.15) is 39.7 Å². The van der Waals surface area contributed by atoms with Gasteiger partial charge < -0.3 is 15.6 Å². The van der Waals surface area contributed by atoms with E-state index in [4.69, 9.17) is 5.73 Å².